The van der Waals surface area contributed by atoms with E-state index in [0.29, 0.717) is 6.54 Å². The summed E-state index contributed by atoms with van der Waals surface area (Å²) in [5.74, 6) is 1.15. The third kappa shape index (κ3) is 2.88. The van der Waals surface area contributed by atoms with Gasteiger partial charge in [-0.25, -0.2) is 4.98 Å². The van der Waals surface area contributed by atoms with Crippen LogP contribution in [0.25, 0.3) is 10.9 Å². The van der Waals surface area contributed by atoms with Gasteiger partial charge in [-0.3, -0.25) is 4.68 Å². The van der Waals surface area contributed by atoms with E-state index >= 15 is 0 Å². The van der Waals surface area contributed by atoms with E-state index in [4.69, 9.17) is 4.98 Å². The maximum absolute atomic E-state index is 9.84. The molecule has 0 aliphatic carbocycles. The lowest BCUT2D eigenvalue weighted by atomic mass is 9.92. The van der Waals surface area contributed by atoms with Crippen molar-refractivity contribution in [2.24, 2.45) is 13.0 Å². The zero-order valence-electron chi connectivity index (χ0n) is 14.2. The highest BCUT2D eigenvalue weighted by Crippen LogP contribution is 2.36. The number of aromatic nitrogens is 3. The van der Waals surface area contributed by atoms with Gasteiger partial charge >= 0.3 is 0 Å². The van der Waals surface area contributed by atoms with E-state index < -0.39 is 0 Å². The van der Waals surface area contributed by atoms with Gasteiger partial charge in [0.05, 0.1) is 18.3 Å². The summed E-state index contributed by atoms with van der Waals surface area (Å²) in [6, 6.07) is 9.93. The average Bonchev–Trinajstić information content (AvgIpc) is 3.26. The van der Waals surface area contributed by atoms with Crippen LogP contribution in [0, 0.1) is 5.92 Å². The molecule has 1 aliphatic heterocycles. The van der Waals surface area contributed by atoms with Gasteiger partial charge in [-0.1, -0.05) is 18.2 Å². The number of nitrogens with zero attached hydrogens (tertiary/aromatic N) is 4. The molecule has 6 nitrogen and oxygen atoms in total. The third-order valence-corrected chi connectivity index (χ3v) is 5.08. The first-order chi connectivity index (χ1) is 12.2. The van der Waals surface area contributed by atoms with E-state index in [1.807, 2.05) is 49.8 Å². The van der Waals surface area contributed by atoms with E-state index in [1.165, 1.54) is 0 Å². The van der Waals surface area contributed by atoms with Crippen molar-refractivity contribution in [1.82, 2.24) is 14.8 Å². The van der Waals surface area contributed by atoms with Crippen LogP contribution in [0.3, 0.4) is 0 Å². The minimum Gasteiger partial charge on any atom is -0.396 e. The summed E-state index contributed by atoms with van der Waals surface area (Å²) < 4.78 is 1.79. The number of para-hydroxylation sites is 1. The van der Waals surface area contributed by atoms with E-state index in [-0.39, 0.29) is 25.0 Å². The number of benzene rings is 1. The molecular weight excluding hydrogens is 316 g/mol. The molecule has 1 saturated heterocycles. The molecule has 4 rings (SSSR count). The van der Waals surface area contributed by atoms with Crippen LogP contribution in [0.4, 0.5) is 5.82 Å². The highest BCUT2D eigenvalue weighted by Gasteiger charge is 2.35. The summed E-state index contributed by atoms with van der Waals surface area (Å²) in [5, 5.41) is 25.0. The molecule has 0 bridgehead atoms. The second-order valence-corrected chi connectivity index (χ2v) is 6.72. The highest BCUT2D eigenvalue weighted by atomic mass is 16.3. The van der Waals surface area contributed by atoms with Gasteiger partial charge in [-0.05, 0) is 17.7 Å². The Morgan fingerprint density at radius 2 is 2.04 bits per heavy atom. The quantitative estimate of drug-likeness (QED) is 0.757. The SMILES string of the molecule is Cn1cc([C@@H]2CN(c3nc4ccccc4cc3CO)C[C@H]2CO)cn1. The van der Waals surface area contributed by atoms with Gasteiger partial charge in [0, 0.05) is 55.7 Å². The smallest absolute Gasteiger partial charge is 0.134 e. The number of aliphatic hydroxyl groups excluding tert-OH is 2. The molecule has 1 aliphatic rings. The summed E-state index contributed by atoms with van der Waals surface area (Å²) in [5.41, 5.74) is 2.87. The molecule has 130 valence electrons. The Balaban J connectivity index is 1.71. The predicted octanol–water partition coefficient (Wildman–Crippen LogP) is 1.67. The van der Waals surface area contributed by atoms with Crippen molar-refractivity contribution < 1.29 is 10.2 Å². The Hall–Kier alpha value is -2.44. The van der Waals surface area contributed by atoms with Crippen LogP contribution < -0.4 is 4.90 Å². The van der Waals surface area contributed by atoms with E-state index in [1.54, 1.807) is 4.68 Å². The lowest BCUT2D eigenvalue weighted by Gasteiger charge is -2.21. The Morgan fingerprint density at radius 3 is 2.76 bits per heavy atom. The monoisotopic (exact) mass is 338 g/mol. The van der Waals surface area contributed by atoms with E-state index in [0.717, 1.165) is 34.4 Å². The minimum absolute atomic E-state index is 0.0506. The molecule has 0 saturated carbocycles. The fourth-order valence-electron chi connectivity index (χ4n) is 3.78. The van der Waals surface area contributed by atoms with Gasteiger partial charge in [0.2, 0.25) is 0 Å². The molecule has 0 unspecified atom stereocenters. The van der Waals surface area contributed by atoms with Gasteiger partial charge in [-0.15, -0.1) is 0 Å². The number of pyridine rings is 1. The van der Waals surface area contributed by atoms with Crippen LogP contribution >= 0.6 is 0 Å². The molecule has 0 radical (unpaired) electrons. The zero-order valence-corrected chi connectivity index (χ0v) is 14.2. The number of rotatable bonds is 4. The van der Waals surface area contributed by atoms with Crippen molar-refractivity contribution in [1.29, 1.82) is 0 Å². The lowest BCUT2D eigenvalue weighted by molar-refractivity contribution is 0.227. The summed E-state index contributed by atoms with van der Waals surface area (Å²) >= 11 is 0. The van der Waals surface area contributed by atoms with Crippen molar-refractivity contribution in [2.75, 3.05) is 24.6 Å². The summed E-state index contributed by atoms with van der Waals surface area (Å²) in [4.78, 5) is 6.97. The van der Waals surface area contributed by atoms with Crippen molar-refractivity contribution in [2.45, 2.75) is 12.5 Å². The number of fused-ring (bicyclic) bond motifs is 1. The number of aliphatic hydroxyl groups is 2. The maximum Gasteiger partial charge on any atom is 0.134 e. The van der Waals surface area contributed by atoms with Crippen LogP contribution in [0.5, 0.6) is 0 Å². The van der Waals surface area contributed by atoms with Crippen molar-refractivity contribution in [3.8, 4) is 0 Å². The largest absolute Gasteiger partial charge is 0.396 e. The fourth-order valence-corrected chi connectivity index (χ4v) is 3.78. The van der Waals surface area contributed by atoms with Crippen LogP contribution in [0.15, 0.2) is 42.7 Å². The predicted molar refractivity (Wildman–Crippen MR) is 96.4 cm³/mol. The van der Waals surface area contributed by atoms with Gasteiger partial charge in [0.1, 0.15) is 5.82 Å². The highest BCUT2D eigenvalue weighted by molar-refractivity contribution is 5.81. The average molecular weight is 338 g/mol. The molecular formula is C19H22N4O2. The second-order valence-electron chi connectivity index (χ2n) is 6.72. The Bertz CT molecular complexity index is 892. The molecule has 2 atom stereocenters. The number of hydrogen-bond donors (Lipinski definition) is 2. The number of anilines is 1. The van der Waals surface area contributed by atoms with Gasteiger partial charge in [-0.2, -0.15) is 5.10 Å². The van der Waals surface area contributed by atoms with Crippen molar-refractivity contribution in [3.05, 3.63) is 53.9 Å². The molecule has 3 aromatic rings. The topological polar surface area (TPSA) is 74.4 Å². The van der Waals surface area contributed by atoms with Crippen molar-refractivity contribution >= 4 is 16.7 Å². The fraction of sp³-hybridized carbons (Fsp3) is 0.368. The molecule has 3 heterocycles. The minimum atomic E-state index is -0.0506. The van der Waals surface area contributed by atoms with Crippen LogP contribution in [0.2, 0.25) is 0 Å². The molecule has 0 spiro atoms. The first-order valence-corrected chi connectivity index (χ1v) is 8.53. The summed E-state index contributed by atoms with van der Waals surface area (Å²) in [7, 11) is 1.90. The molecule has 1 fully saturated rings. The van der Waals surface area contributed by atoms with Gasteiger partial charge in [0.25, 0.3) is 0 Å². The third-order valence-electron chi connectivity index (χ3n) is 5.08. The van der Waals surface area contributed by atoms with Gasteiger partial charge in [0.15, 0.2) is 0 Å². The Kier molecular flexibility index (Phi) is 4.15. The first-order valence-electron chi connectivity index (χ1n) is 8.53. The van der Waals surface area contributed by atoms with E-state index in [9.17, 15) is 10.2 Å². The second kappa shape index (κ2) is 6.46. The molecule has 6 heteroatoms. The zero-order chi connectivity index (χ0) is 17.4. The summed E-state index contributed by atoms with van der Waals surface area (Å²) in [6.45, 7) is 1.55. The first kappa shape index (κ1) is 16.1. The Labute approximate surface area is 146 Å². The van der Waals surface area contributed by atoms with Crippen LogP contribution in [-0.2, 0) is 13.7 Å². The van der Waals surface area contributed by atoms with Crippen molar-refractivity contribution in [3.63, 3.8) is 0 Å². The molecule has 2 aromatic heterocycles. The molecule has 25 heavy (non-hydrogen) atoms. The van der Waals surface area contributed by atoms with E-state index in [2.05, 4.69) is 10.00 Å². The summed E-state index contributed by atoms with van der Waals surface area (Å²) in [6.07, 6.45) is 3.88. The Morgan fingerprint density at radius 1 is 1.20 bits per heavy atom. The van der Waals surface area contributed by atoms with Crippen LogP contribution in [0.1, 0.15) is 17.0 Å². The normalized spacial score (nSPS) is 20.5. The lowest BCUT2D eigenvalue weighted by Crippen LogP contribution is -2.23. The number of aryl methyl sites for hydroxylation is 1. The standard InChI is InChI=1S/C19H22N4O2/c1-22-8-15(7-20-22)17-10-23(9-16(17)12-25)19-14(11-24)6-13-4-2-3-5-18(13)21-19/h2-8,16-17,24-25H,9-12H2,1H3/t16-,17-/m0/s1. The molecule has 0 amide bonds. The number of hydrogen-bond acceptors (Lipinski definition) is 5. The molecule has 2 N–H and O–H groups in total. The molecule has 1 aromatic carbocycles. The maximum atomic E-state index is 9.84. The van der Waals surface area contributed by atoms with Crippen LogP contribution in [-0.4, -0.2) is 44.7 Å². The van der Waals surface area contributed by atoms with Gasteiger partial charge < -0.3 is 15.1 Å².